The molecular weight excluding hydrogens is 264 g/mol. The Kier molecular flexibility index (Phi) is 4.48. The highest BCUT2D eigenvalue weighted by Crippen LogP contribution is 2.34. The van der Waals surface area contributed by atoms with Crippen LogP contribution in [0.3, 0.4) is 0 Å². The minimum absolute atomic E-state index is 0.700. The lowest BCUT2D eigenvalue weighted by Crippen LogP contribution is -1.96. The van der Waals surface area contributed by atoms with E-state index in [2.05, 4.69) is 4.98 Å². The Labute approximate surface area is 124 Å². The van der Waals surface area contributed by atoms with Gasteiger partial charge in [0.2, 0.25) is 0 Å². The molecule has 0 saturated carbocycles. The average molecular weight is 284 g/mol. The predicted molar refractivity (Wildman–Crippen MR) is 86.6 cm³/mol. The highest BCUT2D eigenvalue weighted by molar-refractivity contribution is 5.90. The number of fused-ring (bicyclic) bond motifs is 1. The number of benzene rings is 1. The molecule has 0 radical (unpaired) electrons. The van der Waals surface area contributed by atoms with Crippen molar-refractivity contribution in [3.63, 3.8) is 0 Å². The van der Waals surface area contributed by atoms with Gasteiger partial charge in [-0.25, -0.2) is 0 Å². The van der Waals surface area contributed by atoms with Crippen molar-refractivity contribution in [3.8, 4) is 11.5 Å². The molecule has 2 rings (SSSR count). The number of pyridine rings is 1. The maximum atomic E-state index is 5.69. The summed E-state index contributed by atoms with van der Waals surface area (Å²) in [6.07, 6.45) is 5.44. The molecule has 0 bridgehead atoms. The lowest BCUT2D eigenvalue weighted by Gasteiger charge is -2.12. The summed E-state index contributed by atoms with van der Waals surface area (Å²) < 4.78 is 10.7. The highest BCUT2D eigenvalue weighted by atomic mass is 16.5. The van der Waals surface area contributed by atoms with E-state index in [4.69, 9.17) is 15.2 Å². The van der Waals surface area contributed by atoms with Gasteiger partial charge in [0.1, 0.15) is 0 Å². The summed E-state index contributed by atoms with van der Waals surface area (Å²) in [7, 11) is 3.26. The van der Waals surface area contributed by atoms with Gasteiger partial charge in [0.05, 0.1) is 19.9 Å². The molecule has 0 atom stereocenters. The summed E-state index contributed by atoms with van der Waals surface area (Å²) >= 11 is 0. The van der Waals surface area contributed by atoms with Crippen molar-refractivity contribution in [3.05, 3.63) is 47.9 Å². The molecule has 2 N–H and O–H groups in total. The van der Waals surface area contributed by atoms with E-state index in [-0.39, 0.29) is 0 Å². The van der Waals surface area contributed by atoms with Crippen molar-refractivity contribution in [1.82, 2.24) is 4.98 Å². The number of nitrogens with zero attached hydrogens (tertiary/aromatic N) is 1. The van der Waals surface area contributed by atoms with Crippen LogP contribution in [0.5, 0.6) is 11.5 Å². The van der Waals surface area contributed by atoms with Crippen LogP contribution in [0.2, 0.25) is 0 Å². The molecule has 1 heterocycles. The topological polar surface area (TPSA) is 57.4 Å². The first-order valence-corrected chi connectivity index (χ1v) is 6.73. The van der Waals surface area contributed by atoms with Crippen molar-refractivity contribution in [2.75, 3.05) is 14.2 Å². The van der Waals surface area contributed by atoms with Crippen LogP contribution in [0.25, 0.3) is 16.3 Å². The highest BCUT2D eigenvalue weighted by Gasteiger charge is 2.10. The largest absolute Gasteiger partial charge is 0.493 e. The molecule has 0 aliphatic heterocycles. The van der Waals surface area contributed by atoms with E-state index in [0.717, 1.165) is 27.7 Å². The fraction of sp³-hybridized carbons (Fsp3) is 0.235. The van der Waals surface area contributed by atoms with Crippen LogP contribution in [0, 0.1) is 6.92 Å². The zero-order chi connectivity index (χ0) is 15.4. The van der Waals surface area contributed by atoms with Crippen LogP contribution in [-0.4, -0.2) is 19.2 Å². The second-order valence-corrected chi connectivity index (χ2v) is 4.64. The Hall–Kier alpha value is -2.49. The fourth-order valence-corrected chi connectivity index (χ4v) is 2.30. The van der Waals surface area contributed by atoms with Crippen molar-refractivity contribution >= 4 is 16.3 Å². The molecule has 1 aromatic heterocycles. The molecule has 0 spiro atoms. The fourth-order valence-electron chi connectivity index (χ4n) is 2.30. The maximum Gasteiger partial charge on any atom is 0.161 e. The first-order chi connectivity index (χ1) is 10.1. The van der Waals surface area contributed by atoms with Crippen LogP contribution in [-0.2, 0) is 0 Å². The van der Waals surface area contributed by atoms with Gasteiger partial charge in [-0.05, 0) is 37.4 Å². The van der Waals surface area contributed by atoms with Gasteiger partial charge in [-0.15, -0.1) is 0 Å². The number of aromatic nitrogens is 1. The van der Waals surface area contributed by atoms with Crippen LogP contribution in [0.1, 0.15) is 18.3 Å². The second-order valence-electron chi connectivity index (χ2n) is 4.64. The van der Waals surface area contributed by atoms with Crippen molar-refractivity contribution in [2.45, 2.75) is 13.8 Å². The number of aryl methyl sites for hydroxylation is 1. The van der Waals surface area contributed by atoms with Crippen molar-refractivity contribution in [1.29, 1.82) is 0 Å². The molecule has 0 unspecified atom stereocenters. The number of ether oxygens (including phenoxy) is 2. The summed E-state index contributed by atoms with van der Waals surface area (Å²) in [6.45, 7) is 3.92. The Morgan fingerprint density at radius 2 is 1.81 bits per heavy atom. The Balaban J connectivity index is 2.70. The van der Waals surface area contributed by atoms with Gasteiger partial charge >= 0.3 is 0 Å². The summed E-state index contributed by atoms with van der Waals surface area (Å²) in [5.41, 5.74) is 8.34. The van der Waals surface area contributed by atoms with E-state index in [1.54, 1.807) is 20.4 Å². The Bertz CT molecular complexity index is 718. The summed E-state index contributed by atoms with van der Waals surface area (Å²) in [5.74, 6) is 1.40. The van der Waals surface area contributed by atoms with E-state index in [0.29, 0.717) is 11.5 Å². The Morgan fingerprint density at radius 3 is 2.38 bits per heavy atom. The van der Waals surface area contributed by atoms with E-state index in [9.17, 15) is 0 Å². The number of hydrogen-bond acceptors (Lipinski definition) is 4. The monoisotopic (exact) mass is 284 g/mol. The second kappa shape index (κ2) is 6.31. The zero-order valence-corrected chi connectivity index (χ0v) is 12.8. The SMILES string of the molecule is C/C=C\C(=C/N)c1cc2cc(OC)c(OC)cc2c(C)n1. The van der Waals surface area contributed by atoms with Gasteiger partial charge in [0, 0.05) is 22.9 Å². The molecule has 2 aromatic rings. The lowest BCUT2D eigenvalue weighted by molar-refractivity contribution is 0.356. The molecule has 0 saturated heterocycles. The number of hydrogen-bond donors (Lipinski definition) is 1. The van der Waals surface area contributed by atoms with E-state index in [1.807, 2.05) is 44.2 Å². The third kappa shape index (κ3) is 2.84. The van der Waals surface area contributed by atoms with Crippen LogP contribution in [0.4, 0.5) is 0 Å². The molecule has 1 aromatic carbocycles. The van der Waals surface area contributed by atoms with E-state index < -0.39 is 0 Å². The van der Waals surface area contributed by atoms with Gasteiger partial charge in [0.25, 0.3) is 0 Å². The summed E-state index contributed by atoms with van der Waals surface area (Å²) in [6, 6.07) is 5.90. The number of rotatable bonds is 4. The Morgan fingerprint density at radius 1 is 1.14 bits per heavy atom. The first kappa shape index (κ1) is 14.9. The number of nitrogens with two attached hydrogens (primary N) is 1. The molecule has 0 aliphatic carbocycles. The summed E-state index contributed by atoms with van der Waals surface area (Å²) in [5, 5.41) is 2.08. The van der Waals surface area contributed by atoms with Crippen LogP contribution < -0.4 is 15.2 Å². The van der Waals surface area contributed by atoms with Crippen molar-refractivity contribution < 1.29 is 9.47 Å². The maximum absolute atomic E-state index is 5.69. The molecule has 0 aliphatic rings. The number of methoxy groups -OCH3 is 2. The molecule has 0 fully saturated rings. The van der Waals surface area contributed by atoms with Gasteiger partial charge in [-0.3, -0.25) is 4.98 Å². The van der Waals surface area contributed by atoms with Crippen LogP contribution >= 0.6 is 0 Å². The van der Waals surface area contributed by atoms with E-state index >= 15 is 0 Å². The van der Waals surface area contributed by atoms with Crippen LogP contribution in [0.15, 0.2) is 36.6 Å². The predicted octanol–water partition coefficient (Wildman–Crippen LogP) is 3.44. The molecular formula is C17H20N2O2. The van der Waals surface area contributed by atoms with Gasteiger partial charge in [-0.2, -0.15) is 0 Å². The smallest absolute Gasteiger partial charge is 0.161 e. The quantitative estimate of drug-likeness (QED) is 0.874. The first-order valence-electron chi connectivity index (χ1n) is 6.73. The molecule has 4 nitrogen and oxygen atoms in total. The molecule has 0 amide bonds. The minimum Gasteiger partial charge on any atom is -0.493 e. The van der Waals surface area contributed by atoms with Crippen molar-refractivity contribution in [2.24, 2.45) is 5.73 Å². The molecule has 4 heteroatoms. The third-order valence-corrected chi connectivity index (χ3v) is 3.35. The standard InChI is InChI=1S/C17H20N2O2/c1-5-6-12(10-18)15-7-13-8-16(20-3)17(21-4)9-14(13)11(2)19-15/h5-10H,18H2,1-4H3/b6-5-,12-10+. The third-order valence-electron chi connectivity index (χ3n) is 3.35. The van der Waals surface area contributed by atoms with Gasteiger partial charge < -0.3 is 15.2 Å². The average Bonchev–Trinajstić information content (AvgIpc) is 2.51. The minimum atomic E-state index is 0.700. The van der Waals surface area contributed by atoms with E-state index in [1.165, 1.54) is 0 Å². The number of allylic oxidation sites excluding steroid dienone is 3. The molecule has 21 heavy (non-hydrogen) atoms. The zero-order valence-electron chi connectivity index (χ0n) is 12.8. The van der Waals surface area contributed by atoms with Gasteiger partial charge in [0.15, 0.2) is 11.5 Å². The summed E-state index contributed by atoms with van der Waals surface area (Å²) in [4.78, 5) is 4.63. The lowest BCUT2D eigenvalue weighted by atomic mass is 10.0. The van der Waals surface area contributed by atoms with Gasteiger partial charge in [-0.1, -0.05) is 12.2 Å². The normalized spacial score (nSPS) is 12.1. The molecule has 110 valence electrons.